The van der Waals surface area contributed by atoms with E-state index in [2.05, 4.69) is 13.8 Å². The first-order chi connectivity index (χ1) is 12.4. The molecule has 2 aliphatic heterocycles. The van der Waals surface area contributed by atoms with Crippen LogP contribution in [0.5, 0.6) is 0 Å². The van der Waals surface area contributed by atoms with Gasteiger partial charge in [-0.1, -0.05) is 19.9 Å². The number of hydrogen-bond acceptors (Lipinski definition) is 4. The minimum atomic E-state index is -0.444. The Labute approximate surface area is 154 Å². The number of amides is 1. The molecule has 0 spiro atoms. The third-order valence-corrected chi connectivity index (χ3v) is 5.36. The van der Waals surface area contributed by atoms with E-state index in [0.29, 0.717) is 30.4 Å². The number of hydrogen-bond donors (Lipinski definition) is 1. The maximum atomic E-state index is 12.5. The van der Waals surface area contributed by atoms with Gasteiger partial charge in [-0.05, 0) is 30.5 Å². The molecule has 1 saturated heterocycles. The molecule has 0 bridgehead atoms. The Morgan fingerprint density at radius 3 is 2.58 bits per heavy atom. The molecular formula is C20H27N2O4+. The summed E-state index contributed by atoms with van der Waals surface area (Å²) in [6.07, 6.45) is 1.51. The van der Waals surface area contributed by atoms with Crippen LogP contribution in [-0.4, -0.2) is 44.0 Å². The van der Waals surface area contributed by atoms with Crippen molar-refractivity contribution in [3.05, 3.63) is 29.3 Å². The molecule has 0 saturated carbocycles. The zero-order valence-electron chi connectivity index (χ0n) is 15.7. The van der Waals surface area contributed by atoms with E-state index >= 15 is 0 Å². The highest BCUT2D eigenvalue weighted by molar-refractivity contribution is 6.52. The van der Waals surface area contributed by atoms with Crippen molar-refractivity contribution in [2.45, 2.75) is 39.5 Å². The van der Waals surface area contributed by atoms with Crippen LogP contribution in [0.2, 0.25) is 0 Å². The Morgan fingerprint density at radius 1 is 1.27 bits per heavy atom. The van der Waals surface area contributed by atoms with Crippen LogP contribution >= 0.6 is 0 Å². The first-order valence-corrected chi connectivity index (χ1v) is 9.42. The van der Waals surface area contributed by atoms with Crippen LogP contribution in [-0.2, 0) is 14.3 Å². The average molecular weight is 359 g/mol. The third-order valence-electron chi connectivity index (χ3n) is 5.36. The summed E-state index contributed by atoms with van der Waals surface area (Å²) in [5.41, 5.74) is 2.29. The summed E-state index contributed by atoms with van der Waals surface area (Å²) >= 11 is 0. The van der Waals surface area contributed by atoms with Crippen molar-refractivity contribution >= 4 is 23.3 Å². The van der Waals surface area contributed by atoms with Gasteiger partial charge in [0.15, 0.2) is 6.67 Å². The Kier molecular flexibility index (Phi) is 5.41. The van der Waals surface area contributed by atoms with Gasteiger partial charge in [-0.15, -0.1) is 0 Å². The van der Waals surface area contributed by atoms with Crippen molar-refractivity contribution in [3.63, 3.8) is 0 Å². The Morgan fingerprint density at radius 2 is 1.96 bits per heavy atom. The quantitative estimate of drug-likeness (QED) is 0.633. The van der Waals surface area contributed by atoms with Crippen LogP contribution in [0, 0.1) is 5.92 Å². The first kappa shape index (κ1) is 18.6. The van der Waals surface area contributed by atoms with Gasteiger partial charge in [-0.25, -0.2) is 0 Å². The number of fused-ring (bicyclic) bond motifs is 1. The third kappa shape index (κ3) is 3.51. The van der Waals surface area contributed by atoms with Crippen molar-refractivity contribution in [2.75, 3.05) is 31.3 Å². The van der Waals surface area contributed by atoms with Crippen LogP contribution in [0.4, 0.5) is 5.69 Å². The van der Waals surface area contributed by atoms with Crippen molar-refractivity contribution in [3.8, 4) is 0 Å². The lowest BCUT2D eigenvalue weighted by molar-refractivity contribution is -0.904. The van der Waals surface area contributed by atoms with Crippen LogP contribution in [0.3, 0.4) is 0 Å². The van der Waals surface area contributed by atoms with Crippen molar-refractivity contribution in [1.29, 1.82) is 0 Å². The number of benzene rings is 1. The van der Waals surface area contributed by atoms with Crippen molar-refractivity contribution in [2.24, 2.45) is 5.92 Å². The molecule has 0 atom stereocenters. The standard InChI is InChI=1S/C20H26N2O4/c1-4-26-20(25)14-7-9-21(10-8-14)12-22-17-6-5-15(13(2)3)11-16(17)18(23)19(22)24/h5-6,11,13-14H,4,7-10,12H2,1-3H3/p+1. The highest BCUT2D eigenvalue weighted by atomic mass is 16.5. The second kappa shape index (κ2) is 7.58. The Balaban J connectivity index is 1.68. The predicted octanol–water partition coefficient (Wildman–Crippen LogP) is 1.15. The molecule has 0 unspecified atom stereocenters. The van der Waals surface area contributed by atoms with Gasteiger partial charge < -0.3 is 9.64 Å². The fourth-order valence-electron chi connectivity index (χ4n) is 3.74. The number of piperidine rings is 1. The Hall–Kier alpha value is -2.21. The predicted molar refractivity (Wildman–Crippen MR) is 97.3 cm³/mol. The smallest absolute Gasteiger partial charge is 0.309 e. The lowest BCUT2D eigenvalue weighted by Gasteiger charge is -2.30. The van der Waals surface area contributed by atoms with E-state index in [1.165, 1.54) is 4.90 Å². The molecule has 1 N–H and O–H groups in total. The van der Waals surface area contributed by atoms with E-state index < -0.39 is 11.7 Å². The molecular weight excluding hydrogens is 332 g/mol. The number of nitrogens with one attached hydrogen (secondary N) is 1. The molecule has 2 aliphatic rings. The second-order valence-corrected chi connectivity index (χ2v) is 7.43. The number of ketones is 1. The largest absolute Gasteiger partial charge is 0.466 e. The van der Waals surface area contributed by atoms with E-state index in [0.717, 1.165) is 31.5 Å². The molecule has 1 amide bonds. The molecule has 0 aromatic heterocycles. The number of carbonyl (C=O) groups excluding carboxylic acids is 3. The van der Waals surface area contributed by atoms with Crippen LogP contribution < -0.4 is 9.80 Å². The molecule has 2 heterocycles. The van der Waals surface area contributed by atoms with E-state index in [4.69, 9.17) is 4.74 Å². The summed E-state index contributed by atoms with van der Waals surface area (Å²) in [4.78, 5) is 39.5. The summed E-state index contributed by atoms with van der Waals surface area (Å²) in [6, 6.07) is 5.73. The first-order valence-electron chi connectivity index (χ1n) is 9.42. The molecule has 26 heavy (non-hydrogen) atoms. The average Bonchev–Trinajstić information content (AvgIpc) is 2.87. The van der Waals surface area contributed by atoms with E-state index in [-0.39, 0.29) is 11.9 Å². The van der Waals surface area contributed by atoms with Crippen molar-refractivity contribution < 1.29 is 24.0 Å². The van der Waals surface area contributed by atoms with E-state index in [1.54, 1.807) is 4.90 Å². The van der Waals surface area contributed by atoms with E-state index in [9.17, 15) is 14.4 Å². The highest BCUT2D eigenvalue weighted by Gasteiger charge is 2.39. The number of likely N-dealkylation sites (tertiary alicyclic amines) is 1. The number of rotatable bonds is 5. The molecule has 1 aromatic rings. The van der Waals surface area contributed by atoms with Gasteiger partial charge in [-0.3, -0.25) is 19.3 Å². The Bertz CT molecular complexity index is 721. The van der Waals surface area contributed by atoms with Crippen LogP contribution in [0.25, 0.3) is 0 Å². The molecule has 1 fully saturated rings. The zero-order valence-corrected chi connectivity index (χ0v) is 15.7. The highest BCUT2D eigenvalue weighted by Crippen LogP contribution is 2.31. The molecule has 140 valence electrons. The maximum absolute atomic E-state index is 12.5. The van der Waals surface area contributed by atoms with Gasteiger partial charge in [0.25, 0.3) is 5.78 Å². The van der Waals surface area contributed by atoms with Crippen LogP contribution in [0.1, 0.15) is 55.5 Å². The van der Waals surface area contributed by atoms with Gasteiger partial charge in [0.1, 0.15) is 0 Å². The second-order valence-electron chi connectivity index (χ2n) is 7.43. The van der Waals surface area contributed by atoms with Gasteiger partial charge in [0.05, 0.1) is 36.9 Å². The molecule has 6 heteroatoms. The normalized spacial score (nSPS) is 22.7. The molecule has 6 nitrogen and oxygen atoms in total. The number of anilines is 1. The maximum Gasteiger partial charge on any atom is 0.309 e. The van der Waals surface area contributed by atoms with Gasteiger partial charge in [0, 0.05) is 12.8 Å². The molecule has 0 radical (unpaired) electrons. The minimum Gasteiger partial charge on any atom is -0.466 e. The lowest BCUT2D eigenvalue weighted by atomic mass is 9.97. The number of quaternary nitrogens is 1. The van der Waals surface area contributed by atoms with Gasteiger partial charge >= 0.3 is 11.9 Å². The molecule has 1 aromatic carbocycles. The number of nitrogens with zero attached hydrogens (tertiary/aromatic N) is 1. The molecule has 3 rings (SSSR count). The number of carbonyl (C=O) groups is 3. The summed E-state index contributed by atoms with van der Waals surface area (Å²) in [5, 5.41) is 0. The molecule has 0 aliphatic carbocycles. The fraction of sp³-hybridized carbons (Fsp3) is 0.550. The lowest BCUT2D eigenvalue weighted by Crippen LogP contribution is -3.14. The van der Waals surface area contributed by atoms with E-state index in [1.807, 2.05) is 25.1 Å². The van der Waals surface area contributed by atoms with Gasteiger partial charge in [-0.2, -0.15) is 0 Å². The number of ether oxygens (including phenoxy) is 1. The zero-order chi connectivity index (χ0) is 18.8. The summed E-state index contributed by atoms with van der Waals surface area (Å²) < 4.78 is 5.10. The fourth-order valence-corrected chi connectivity index (χ4v) is 3.74. The number of Topliss-reactive ketones (excluding diaryl/α,β-unsaturated/α-hetero) is 1. The topological polar surface area (TPSA) is 68.1 Å². The number of esters is 1. The van der Waals surface area contributed by atoms with Gasteiger partial charge in [0.2, 0.25) is 0 Å². The summed E-state index contributed by atoms with van der Waals surface area (Å²) in [6.45, 7) is 8.41. The van der Waals surface area contributed by atoms with Crippen LogP contribution in [0.15, 0.2) is 18.2 Å². The SMILES string of the molecule is CCOC(=O)C1CC[NH+](CN2C(=O)C(=O)c3cc(C(C)C)ccc32)CC1. The monoisotopic (exact) mass is 359 g/mol. The minimum absolute atomic E-state index is 0.0458. The summed E-state index contributed by atoms with van der Waals surface area (Å²) in [7, 11) is 0. The van der Waals surface area contributed by atoms with Crippen molar-refractivity contribution in [1.82, 2.24) is 0 Å². The summed E-state index contributed by atoms with van der Waals surface area (Å²) in [5.74, 6) is -0.713.